The fourth-order valence-corrected chi connectivity index (χ4v) is 0.913. The van der Waals surface area contributed by atoms with Crippen LogP contribution in [0.5, 0.6) is 0 Å². The van der Waals surface area contributed by atoms with Crippen molar-refractivity contribution >= 4 is 17.6 Å². The number of halogens is 2. The Hall–Kier alpha value is -1.53. The van der Waals surface area contributed by atoms with E-state index < -0.39 is 11.8 Å². The maximum Gasteiger partial charge on any atom is 0.315 e. The second kappa shape index (κ2) is 4.64. The summed E-state index contributed by atoms with van der Waals surface area (Å²) in [5.74, 6) is 3.33. The van der Waals surface area contributed by atoms with Crippen LogP contribution >= 0.6 is 11.6 Å². The summed E-state index contributed by atoms with van der Waals surface area (Å²) >= 11 is 5.45. The van der Waals surface area contributed by atoms with Gasteiger partial charge in [-0.25, -0.2) is 4.39 Å². The normalized spacial score (nSPS) is 9.00. The summed E-state index contributed by atoms with van der Waals surface area (Å²) in [4.78, 5) is 10.1. The van der Waals surface area contributed by atoms with Gasteiger partial charge in [-0.3, -0.25) is 4.79 Å². The molecule has 0 radical (unpaired) electrons. The quantitative estimate of drug-likeness (QED) is 0.726. The maximum atomic E-state index is 12.8. The smallest absolute Gasteiger partial charge is 0.315 e. The molecule has 0 amide bonds. The third kappa shape index (κ3) is 3.08. The van der Waals surface area contributed by atoms with Crippen molar-refractivity contribution in [3.8, 4) is 11.8 Å². The summed E-state index contributed by atoms with van der Waals surface area (Å²) in [5.41, 5.74) is 0.410. The molecule has 1 N–H and O–H groups in total. The second-order valence-electron chi connectivity index (χ2n) is 2.50. The molecule has 2 nitrogen and oxygen atoms in total. The zero-order valence-corrected chi connectivity index (χ0v) is 7.81. The van der Waals surface area contributed by atoms with Gasteiger partial charge in [-0.2, -0.15) is 0 Å². The second-order valence-corrected chi connectivity index (χ2v) is 2.91. The van der Waals surface area contributed by atoms with Crippen molar-refractivity contribution in [2.75, 3.05) is 0 Å². The molecule has 0 aliphatic heterocycles. The van der Waals surface area contributed by atoms with Crippen molar-refractivity contribution < 1.29 is 14.3 Å². The van der Waals surface area contributed by atoms with E-state index in [0.717, 1.165) is 6.07 Å². The van der Waals surface area contributed by atoms with Crippen molar-refractivity contribution in [3.05, 3.63) is 34.6 Å². The highest BCUT2D eigenvalue weighted by molar-refractivity contribution is 6.30. The van der Waals surface area contributed by atoms with Crippen LogP contribution in [0.25, 0.3) is 0 Å². The lowest BCUT2D eigenvalue weighted by Gasteiger charge is -1.93. The first-order chi connectivity index (χ1) is 6.59. The van der Waals surface area contributed by atoms with Crippen LogP contribution in [0, 0.1) is 17.7 Å². The molecule has 0 aliphatic carbocycles. The Kier molecular flexibility index (Phi) is 3.49. The summed E-state index contributed by atoms with van der Waals surface area (Å²) in [6.07, 6.45) is -0.260. The van der Waals surface area contributed by atoms with Gasteiger partial charge in [0.1, 0.15) is 12.2 Å². The van der Waals surface area contributed by atoms with E-state index in [-0.39, 0.29) is 11.4 Å². The maximum absolute atomic E-state index is 12.8. The monoisotopic (exact) mass is 212 g/mol. The van der Waals surface area contributed by atoms with E-state index in [2.05, 4.69) is 11.8 Å². The number of rotatable bonds is 1. The van der Waals surface area contributed by atoms with Gasteiger partial charge in [-0.15, -0.1) is 0 Å². The minimum Gasteiger partial charge on any atom is -0.481 e. The van der Waals surface area contributed by atoms with E-state index in [1.54, 1.807) is 0 Å². The van der Waals surface area contributed by atoms with E-state index in [9.17, 15) is 9.18 Å². The van der Waals surface area contributed by atoms with Crippen LogP contribution in [-0.2, 0) is 4.79 Å². The van der Waals surface area contributed by atoms with Gasteiger partial charge in [0.05, 0.1) is 5.02 Å². The van der Waals surface area contributed by atoms with Gasteiger partial charge in [0.25, 0.3) is 0 Å². The van der Waals surface area contributed by atoms with E-state index in [1.165, 1.54) is 12.1 Å². The van der Waals surface area contributed by atoms with Crippen molar-refractivity contribution in [2.45, 2.75) is 6.42 Å². The number of aliphatic carboxylic acids is 1. The molecule has 14 heavy (non-hydrogen) atoms. The Labute approximate surface area is 85.3 Å². The van der Waals surface area contributed by atoms with Gasteiger partial charge in [0, 0.05) is 5.56 Å². The summed E-state index contributed by atoms with van der Waals surface area (Å²) < 4.78 is 12.8. The van der Waals surface area contributed by atoms with Gasteiger partial charge in [-0.05, 0) is 18.2 Å². The summed E-state index contributed by atoms with van der Waals surface area (Å²) in [6.45, 7) is 0. The Balaban J connectivity index is 2.81. The summed E-state index contributed by atoms with van der Waals surface area (Å²) in [6, 6.07) is 4.07. The molecule has 4 heteroatoms. The fourth-order valence-electron chi connectivity index (χ4n) is 0.796. The molecule has 0 bridgehead atoms. The van der Waals surface area contributed by atoms with Crippen LogP contribution in [0.2, 0.25) is 5.02 Å². The fraction of sp³-hybridized carbons (Fsp3) is 0.100. The Morgan fingerprint density at radius 2 is 2.29 bits per heavy atom. The predicted molar refractivity (Wildman–Crippen MR) is 50.5 cm³/mol. The average molecular weight is 213 g/mol. The van der Waals surface area contributed by atoms with E-state index in [0.29, 0.717) is 5.56 Å². The lowest BCUT2D eigenvalue weighted by atomic mass is 10.2. The summed E-state index contributed by atoms with van der Waals surface area (Å²) in [5, 5.41) is 8.31. The molecule has 0 saturated heterocycles. The molecule has 0 heterocycles. The molecule has 0 aliphatic rings. The first-order valence-corrected chi connectivity index (χ1v) is 4.13. The van der Waals surface area contributed by atoms with E-state index in [4.69, 9.17) is 16.7 Å². The molecule has 1 rings (SSSR count). The van der Waals surface area contributed by atoms with Gasteiger partial charge in [0.15, 0.2) is 0 Å². The Morgan fingerprint density at radius 1 is 1.57 bits per heavy atom. The number of carbonyl (C=O) groups is 1. The van der Waals surface area contributed by atoms with Crippen molar-refractivity contribution in [1.82, 2.24) is 0 Å². The third-order valence-corrected chi connectivity index (χ3v) is 1.70. The Morgan fingerprint density at radius 3 is 2.86 bits per heavy atom. The molecule has 72 valence electrons. The van der Waals surface area contributed by atoms with E-state index in [1.807, 2.05) is 0 Å². The van der Waals surface area contributed by atoms with Crippen LogP contribution < -0.4 is 0 Å². The topological polar surface area (TPSA) is 37.3 Å². The predicted octanol–water partition coefficient (Wildman–Crippen LogP) is 2.31. The van der Waals surface area contributed by atoms with Crippen LogP contribution in [0.1, 0.15) is 12.0 Å². The minimum atomic E-state index is -1.01. The number of carboxylic acids is 1. The zero-order chi connectivity index (χ0) is 10.6. The average Bonchev–Trinajstić information content (AvgIpc) is 2.10. The number of hydrogen-bond donors (Lipinski definition) is 1. The number of carboxylic acid groups (broad SMARTS) is 1. The first kappa shape index (κ1) is 10.6. The highest BCUT2D eigenvalue weighted by Gasteiger charge is 1.98. The van der Waals surface area contributed by atoms with Crippen LogP contribution in [0.3, 0.4) is 0 Å². The van der Waals surface area contributed by atoms with Crippen LogP contribution in [0.15, 0.2) is 18.2 Å². The molecule has 0 aromatic heterocycles. The van der Waals surface area contributed by atoms with Gasteiger partial charge < -0.3 is 5.11 Å². The zero-order valence-electron chi connectivity index (χ0n) is 7.05. The molecule has 1 aromatic rings. The standard InChI is InChI=1S/C10H6ClFO2/c11-8-5-4-7(6-9(8)12)2-1-3-10(13)14/h4-6H,3H2,(H,13,14). The van der Waals surface area contributed by atoms with Crippen LogP contribution in [-0.4, -0.2) is 11.1 Å². The molecule has 0 fully saturated rings. The van der Waals surface area contributed by atoms with Gasteiger partial charge in [0.2, 0.25) is 0 Å². The summed E-state index contributed by atoms with van der Waals surface area (Å²) in [7, 11) is 0. The largest absolute Gasteiger partial charge is 0.481 e. The molecule has 0 atom stereocenters. The molecular weight excluding hydrogens is 207 g/mol. The van der Waals surface area contributed by atoms with Crippen molar-refractivity contribution in [2.24, 2.45) is 0 Å². The Bertz CT molecular complexity index is 418. The van der Waals surface area contributed by atoms with Gasteiger partial charge >= 0.3 is 5.97 Å². The molecule has 0 saturated carbocycles. The first-order valence-electron chi connectivity index (χ1n) is 3.75. The molecule has 1 aromatic carbocycles. The SMILES string of the molecule is O=C(O)CC#Cc1ccc(Cl)c(F)c1. The lowest BCUT2D eigenvalue weighted by molar-refractivity contribution is -0.135. The highest BCUT2D eigenvalue weighted by atomic mass is 35.5. The number of benzene rings is 1. The van der Waals surface area contributed by atoms with Crippen LogP contribution in [0.4, 0.5) is 4.39 Å². The molecule has 0 unspecified atom stereocenters. The van der Waals surface area contributed by atoms with Crippen molar-refractivity contribution in [1.29, 1.82) is 0 Å². The lowest BCUT2D eigenvalue weighted by Crippen LogP contribution is -1.90. The molecule has 0 spiro atoms. The highest BCUT2D eigenvalue weighted by Crippen LogP contribution is 2.14. The molecular formula is C10H6ClFO2. The minimum absolute atomic E-state index is 0.0220. The number of hydrogen-bond acceptors (Lipinski definition) is 1. The third-order valence-electron chi connectivity index (χ3n) is 1.39. The van der Waals surface area contributed by atoms with Crippen molar-refractivity contribution in [3.63, 3.8) is 0 Å². The van der Waals surface area contributed by atoms with E-state index >= 15 is 0 Å². The van der Waals surface area contributed by atoms with Gasteiger partial charge in [-0.1, -0.05) is 23.4 Å².